The Morgan fingerprint density at radius 1 is 1.07 bits per heavy atom. The summed E-state index contributed by atoms with van der Waals surface area (Å²) in [6.45, 7) is 1.39. The van der Waals surface area contributed by atoms with Crippen LogP contribution in [0.15, 0.2) is 64.1 Å². The molecule has 0 atom stereocenters. The summed E-state index contributed by atoms with van der Waals surface area (Å²) in [4.78, 5) is 23.3. The number of amides is 2. The number of hydrogen-bond acceptors (Lipinski definition) is 4. The lowest BCUT2D eigenvalue weighted by atomic mass is 10.2. The van der Waals surface area contributed by atoms with Crippen molar-refractivity contribution in [2.45, 2.75) is 6.92 Å². The highest BCUT2D eigenvalue weighted by atomic mass is 35.5. The Bertz CT molecular complexity index is 1060. The number of carbonyl (C=O) groups is 2. The van der Waals surface area contributed by atoms with Gasteiger partial charge in [-0.1, -0.05) is 29.3 Å². The van der Waals surface area contributed by atoms with Crippen LogP contribution in [0.25, 0.3) is 11.3 Å². The van der Waals surface area contributed by atoms with E-state index in [1.807, 2.05) is 0 Å². The summed E-state index contributed by atoms with van der Waals surface area (Å²) in [5.74, 6) is 0.318. The van der Waals surface area contributed by atoms with Gasteiger partial charge in [0.25, 0.3) is 5.91 Å². The highest BCUT2D eigenvalue weighted by molar-refractivity contribution is 6.35. The van der Waals surface area contributed by atoms with Gasteiger partial charge in [0.15, 0.2) is 0 Å². The number of rotatable bonds is 5. The summed E-state index contributed by atoms with van der Waals surface area (Å²) < 4.78 is 5.66. The number of furan rings is 1. The lowest BCUT2D eigenvalue weighted by molar-refractivity contribution is -0.114. The molecule has 0 radical (unpaired) electrons. The van der Waals surface area contributed by atoms with Gasteiger partial charge in [0, 0.05) is 28.8 Å². The first-order chi connectivity index (χ1) is 13.4. The number of nitrogens with one attached hydrogen (secondary N) is 2. The van der Waals surface area contributed by atoms with Crippen LogP contribution in [0.4, 0.5) is 5.69 Å². The minimum Gasteiger partial charge on any atom is -0.455 e. The molecule has 0 fully saturated rings. The smallest absolute Gasteiger partial charge is 0.271 e. The summed E-state index contributed by atoms with van der Waals surface area (Å²) in [5, 5.41) is 7.56. The molecule has 2 N–H and O–H groups in total. The molecule has 142 valence electrons. The summed E-state index contributed by atoms with van der Waals surface area (Å²) in [6, 6.07) is 15.0. The van der Waals surface area contributed by atoms with Gasteiger partial charge >= 0.3 is 0 Å². The maximum absolute atomic E-state index is 12.2. The van der Waals surface area contributed by atoms with Gasteiger partial charge in [-0.3, -0.25) is 9.59 Å². The van der Waals surface area contributed by atoms with Crippen LogP contribution < -0.4 is 10.7 Å². The van der Waals surface area contributed by atoms with Crippen LogP contribution in [-0.4, -0.2) is 18.0 Å². The van der Waals surface area contributed by atoms with Crippen LogP contribution >= 0.6 is 23.2 Å². The van der Waals surface area contributed by atoms with E-state index in [1.54, 1.807) is 54.6 Å². The molecular formula is C20H15Cl2N3O3. The molecule has 1 aromatic heterocycles. The summed E-state index contributed by atoms with van der Waals surface area (Å²) in [6.07, 6.45) is 1.37. The Hall–Kier alpha value is -3.09. The summed E-state index contributed by atoms with van der Waals surface area (Å²) in [5.41, 5.74) is 3.95. The minimum absolute atomic E-state index is 0.219. The third-order valence-electron chi connectivity index (χ3n) is 3.62. The molecule has 0 aliphatic heterocycles. The van der Waals surface area contributed by atoms with E-state index in [2.05, 4.69) is 15.8 Å². The molecule has 6 nitrogen and oxygen atoms in total. The molecule has 0 aliphatic carbocycles. The number of halogens is 2. The molecule has 3 rings (SSSR count). The Labute approximate surface area is 171 Å². The Balaban J connectivity index is 1.67. The predicted octanol–water partition coefficient (Wildman–Crippen LogP) is 4.98. The van der Waals surface area contributed by atoms with Crippen molar-refractivity contribution in [2.24, 2.45) is 5.10 Å². The van der Waals surface area contributed by atoms with Crippen LogP contribution in [0.5, 0.6) is 0 Å². The predicted molar refractivity (Wildman–Crippen MR) is 110 cm³/mol. The summed E-state index contributed by atoms with van der Waals surface area (Å²) in [7, 11) is 0. The first-order valence-corrected chi connectivity index (χ1v) is 8.94. The SMILES string of the molecule is CC(=O)Nc1cccc(C(=O)NN=Cc2ccc(-c3cc(Cl)ccc3Cl)o2)c1. The van der Waals surface area contributed by atoms with E-state index in [1.165, 1.54) is 13.1 Å². The molecule has 8 heteroatoms. The molecule has 0 saturated carbocycles. The summed E-state index contributed by atoms with van der Waals surface area (Å²) >= 11 is 12.2. The van der Waals surface area contributed by atoms with E-state index in [9.17, 15) is 9.59 Å². The highest BCUT2D eigenvalue weighted by Crippen LogP contribution is 2.31. The molecule has 0 bridgehead atoms. The van der Waals surface area contributed by atoms with E-state index in [4.69, 9.17) is 27.6 Å². The second kappa shape index (κ2) is 8.73. The van der Waals surface area contributed by atoms with Crippen LogP contribution in [-0.2, 0) is 4.79 Å². The lowest BCUT2D eigenvalue weighted by Gasteiger charge is -2.04. The van der Waals surface area contributed by atoms with Crippen molar-refractivity contribution in [3.8, 4) is 11.3 Å². The van der Waals surface area contributed by atoms with Crippen molar-refractivity contribution >= 4 is 46.9 Å². The van der Waals surface area contributed by atoms with Gasteiger partial charge in [-0.15, -0.1) is 0 Å². The topological polar surface area (TPSA) is 83.7 Å². The van der Waals surface area contributed by atoms with Crippen molar-refractivity contribution in [2.75, 3.05) is 5.32 Å². The number of anilines is 1. The molecule has 0 aliphatic rings. The molecule has 2 aromatic carbocycles. The Morgan fingerprint density at radius 3 is 2.68 bits per heavy atom. The quantitative estimate of drug-likeness (QED) is 0.455. The average Bonchev–Trinajstić information content (AvgIpc) is 3.12. The first kappa shape index (κ1) is 19.7. The fourth-order valence-corrected chi connectivity index (χ4v) is 2.80. The van der Waals surface area contributed by atoms with E-state index < -0.39 is 5.91 Å². The number of hydrazone groups is 1. The molecule has 0 spiro atoms. The molecule has 28 heavy (non-hydrogen) atoms. The second-order valence-electron chi connectivity index (χ2n) is 5.79. The van der Waals surface area contributed by atoms with Crippen molar-refractivity contribution in [3.63, 3.8) is 0 Å². The standard InChI is InChI=1S/C20H15Cl2N3O3/c1-12(26)24-15-4-2-3-13(9-15)20(27)25-23-11-16-6-8-19(28-16)17-10-14(21)5-7-18(17)22/h2-11H,1H3,(H,24,26)(H,25,27). The van der Waals surface area contributed by atoms with Crippen LogP contribution in [0.2, 0.25) is 10.0 Å². The molecule has 0 saturated heterocycles. The fraction of sp³-hybridized carbons (Fsp3) is 0.0500. The largest absolute Gasteiger partial charge is 0.455 e. The second-order valence-corrected chi connectivity index (χ2v) is 6.63. The normalized spacial score (nSPS) is 10.8. The minimum atomic E-state index is -0.423. The molecule has 2 amide bonds. The maximum atomic E-state index is 12.2. The average molecular weight is 416 g/mol. The monoisotopic (exact) mass is 415 g/mol. The third kappa shape index (κ3) is 5.00. The van der Waals surface area contributed by atoms with Crippen LogP contribution in [0, 0.1) is 0 Å². The first-order valence-electron chi connectivity index (χ1n) is 8.19. The van der Waals surface area contributed by atoms with Crippen molar-refractivity contribution < 1.29 is 14.0 Å². The number of benzene rings is 2. The number of carbonyl (C=O) groups excluding carboxylic acids is 2. The van der Waals surface area contributed by atoms with Gasteiger partial charge < -0.3 is 9.73 Å². The molecular weight excluding hydrogens is 401 g/mol. The highest BCUT2D eigenvalue weighted by Gasteiger charge is 2.09. The number of hydrogen-bond donors (Lipinski definition) is 2. The molecule has 0 unspecified atom stereocenters. The van der Waals surface area contributed by atoms with E-state index in [0.29, 0.717) is 38.4 Å². The number of nitrogens with zero attached hydrogens (tertiary/aromatic N) is 1. The fourth-order valence-electron chi connectivity index (χ4n) is 2.41. The molecule has 3 aromatic rings. The third-order valence-corrected chi connectivity index (χ3v) is 4.19. The Kier molecular flexibility index (Phi) is 6.13. The van der Waals surface area contributed by atoms with Crippen molar-refractivity contribution in [3.05, 3.63) is 76.0 Å². The van der Waals surface area contributed by atoms with Gasteiger partial charge in [0.1, 0.15) is 11.5 Å². The van der Waals surface area contributed by atoms with Crippen LogP contribution in [0.3, 0.4) is 0 Å². The lowest BCUT2D eigenvalue weighted by Crippen LogP contribution is -2.18. The van der Waals surface area contributed by atoms with Gasteiger partial charge in [-0.25, -0.2) is 5.43 Å². The van der Waals surface area contributed by atoms with E-state index in [0.717, 1.165) is 0 Å². The van der Waals surface area contributed by atoms with Crippen LogP contribution in [0.1, 0.15) is 23.0 Å². The van der Waals surface area contributed by atoms with E-state index >= 15 is 0 Å². The van der Waals surface area contributed by atoms with Gasteiger partial charge in [-0.05, 0) is 48.5 Å². The van der Waals surface area contributed by atoms with Crippen molar-refractivity contribution in [1.82, 2.24) is 5.43 Å². The van der Waals surface area contributed by atoms with Gasteiger partial charge in [0.05, 0.1) is 11.2 Å². The zero-order valence-electron chi connectivity index (χ0n) is 14.7. The molecule has 1 heterocycles. The van der Waals surface area contributed by atoms with E-state index in [-0.39, 0.29) is 5.91 Å². The van der Waals surface area contributed by atoms with Gasteiger partial charge in [0.2, 0.25) is 5.91 Å². The maximum Gasteiger partial charge on any atom is 0.271 e. The van der Waals surface area contributed by atoms with Crippen molar-refractivity contribution in [1.29, 1.82) is 0 Å². The zero-order chi connectivity index (χ0) is 20.1. The van der Waals surface area contributed by atoms with Gasteiger partial charge in [-0.2, -0.15) is 5.10 Å². The zero-order valence-corrected chi connectivity index (χ0v) is 16.2. The Morgan fingerprint density at radius 2 is 1.89 bits per heavy atom.